The van der Waals surface area contributed by atoms with Crippen LogP contribution in [0.15, 0.2) is 30.3 Å². The van der Waals surface area contributed by atoms with Crippen LogP contribution in [0.5, 0.6) is 0 Å². The van der Waals surface area contributed by atoms with Crippen LogP contribution in [0, 0.1) is 0 Å². The Morgan fingerprint density at radius 1 is 1.36 bits per heavy atom. The highest BCUT2D eigenvalue weighted by Gasteiger charge is 1.99. The SMILES string of the molecule is CCOCC(=O)NCc1ccccc1. The third kappa shape index (κ3) is 4.05. The number of nitrogens with one attached hydrogen (secondary N) is 1. The smallest absolute Gasteiger partial charge is 0.246 e. The molecule has 0 atom stereocenters. The quantitative estimate of drug-likeness (QED) is 0.766. The molecule has 1 N–H and O–H groups in total. The van der Waals surface area contributed by atoms with Crippen LogP contribution in [0.2, 0.25) is 0 Å². The first-order valence-corrected chi connectivity index (χ1v) is 4.71. The normalized spacial score (nSPS) is 9.79. The summed E-state index contributed by atoms with van der Waals surface area (Å²) >= 11 is 0. The van der Waals surface area contributed by atoms with Crippen LogP contribution in [0.25, 0.3) is 0 Å². The van der Waals surface area contributed by atoms with E-state index in [1.165, 1.54) is 0 Å². The summed E-state index contributed by atoms with van der Waals surface area (Å²) < 4.78 is 4.97. The van der Waals surface area contributed by atoms with E-state index < -0.39 is 0 Å². The first-order valence-electron chi connectivity index (χ1n) is 4.71. The van der Waals surface area contributed by atoms with Crippen molar-refractivity contribution in [3.63, 3.8) is 0 Å². The lowest BCUT2D eigenvalue weighted by Crippen LogP contribution is -2.27. The van der Waals surface area contributed by atoms with Gasteiger partial charge >= 0.3 is 0 Å². The van der Waals surface area contributed by atoms with Crippen molar-refractivity contribution >= 4 is 5.91 Å². The second kappa shape index (κ2) is 6.16. The zero-order valence-corrected chi connectivity index (χ0v) is 8.32. The zero-order chi connectivity index (χ0) is 10.2. The fraction of sp³-hybridized carbons (Fsp3) is 0.364. The van der Waals surface area contributed by atoms with Crippen LogP contribution < -0.4 is 5.32 Å². The third-order valence-electron chi connectivity index (χ3n) is 1.77. The largest absolute Gasteiger partial charge is 0.372 e. The number of ether oxygens (including phenoxy) is 1. The van der Waals surface area contributed by atoms with Gasteiger partial charge in [-0.05, 0) is 12.5 Å². The maximum atomic E-state index is 11.1. The monoisotopic (exact) mass is 193 g/mol. The van der Waals surface area contributed by atoms with Gasteiger partial charge in [0, 0.05) is 13.2 Å². The highest BCUT2D eigenvalue weighted by molar-refractivity contribution is 5.77. The van der Waals surface area contributed by atoms with Gasteiger partial charge in [0.15, 0.2) is 0 Å². The third-order valence-corrected chi connectivity index (χ3v) is 1.77. The summed E-state index contributed by atoms with van der Waals surface area (Å²) in [5.41, 5.74) is 1.09. The van der Waals surface area contributed by atoms with Crippen molar-refractivity contribution < 1.29 is 9.53 Å². The second-order valence-electron chi connectivity index (χ2n) is 2.90. The lowest BCUT2D eigenvalue weighted by molar-refractivity contribution is -0.125. The van der Waals surface area contributed by atoms with Gasteiger partial charge < -0.3 is 10.1 Å². The van der Waals surface area contributed by atoms with Crippen LogP contribution >= 0.6 is 0 Å². The molecule has 0 aliphatic rings. The molecule has 1 rings (SSSR count). The molecule has 3 nitrogen and oxygen atoms in total. The van der Waals surface area contributed by atoms with Gasteiger partial charge in [0.1, 0.15) is 6.61 Å². The number of rotatable bonds is 5. The van der Waals surface area contributed by atoms with Crippen molar-refractivity contribution in [1.82, 2.24) is 5.32 Å². The van der Waals surface area contributed by atoms with Crippen molar-refractivity contribution in [2.45, 2.75) is 13.5 Å². The second-order valence-corrected chi connectivity index (χ2v) is 2.90. The van der Waals surface area contributed by atoms with E-state index in [1.807, 2.05) is 37.3 Å². The average molecular weight is 193 g/mol. The molecule has 0 unspecified atom stereocenters. The Morgan fingerprint density at radius 3 is 2.71 bits per heavy atom. The summed E-state index contributed by atoms with van der Waals surface area (Å²) in [6.45, 7) is 3.14. The molecule has 3 heteroatoms. The average Bonchev–Trinajstić information content (AvgIpc) is 2.25. The molecular formula is C11H15NO2. The molecule has 0 saturated heterocycles. The summed E-state index contributed by atoms with van der Waals surface area (Å²) in [5.74, 6) is -0.0734. The summed E-state index contributed by atoms with van der Waals surface area (Å²) in [7, 11) is 0. The minimum atomic E-state index is -0.0734. The fourth-order valence-electron chi connectivity index (χ4n) is 1.04. The highest BCUT2D eigenvalue weighted by Crippen LogP contribution is 1.96. The predicted octanol–water partition coefficient (Wildman–Crippen LogP) is 1.34. The molecule has 0 aliphatic carbocycles. The summed E-state index contributed by atoms with van der Waals surface area (Å²) in [6.07, 6.45) is 0. The van der Waals surface area contributed by atoms with E-state index in [-0.39, 0.29) is 12.5 Å². The van der Waals surface area contributed by atoms with Crippen LogP contribution in [-0.2, 0) is 16.1 Å². The van der Waals surface area contributed by atoms with Crippen LogP contribution in [0.4, 0.5) is 0 Å². The summed E-state index contributed by atoms with van der Waals surface area (Å²) in [4.78, 5) is 11.1. The number of benzene rings is 1. The maximum absolute atomic E-state index is 11.1. The molecule has 0 aliphatic heterocycles. The number of hydrogen-bond acceptors (Lipinski definition) is 2. The van der Waals surface area contributed by atoms with Crippen LogP contribution in [-0.4, -0.2) is 19.1 Å². The standard InChI is InChI=1S/C11H15NO2/c1-2-14-9-11(13)12-8-10-6-4-3-5-7-10/h3-7H,2,8-9H2,1H3,(H,12,13). The van der Waals surface area contributed by atoms with Crippen molar-refractivity contribution in [2.24, 2.45) is 0 Å². The van der Waals surface area contributed by atoms with E-state index in [4.69, 9.17) is 4.74 Å². The molecule has 0 bridgehead atoms. The Hall–Kier alpha value is -1.35. The van der Waals surface area contributed by atoms with Gasteiger partial charge in [-0.3, -0.25) is 4.79 Å². The highest BCUT2D eigenvalue weighted by atomic mass is 16.5. The number of amides is 1. The topological polar surface area (TPSA) is 38.3 Å². The Balaban J connectivity index is 2.24. The Morgan fingerprint density at radius 2 is 2.07 bits per heavy atom. The Labute approximate surface area is 84.1 Å². The van der Waals surface area contributed by atoms with E-state index in [9.17, 15) is 4.79 Å². The molecule has 0 fully saturated rings. The fourth-order valence-corrected chi connectivity index (χ4v) is 1.04. The molecule has 0 radical (unpaired) electrons. The Kier molecular flexibility index (Phi) is 4.72. The summed E-state index contributed by atoms with van der Waals surface area (Å²) in [6, 6.07) is 9.79. The molecule has 1 aromatic carbocycles. The zero-order valence-electron chi connectivity index (χ0n) is 8.32. The van der Waals surface area contributed by atoms with E-state index in [1.54, 1.807) is 0 Å². The van der Waals surface area contributed by atoms with E-state index >= 15 is 0 Å². The van der Waals surface area contributed by atoms with Gasteiger partial charge in [0.05, 0.1) is 0 Å². The molecule has 0 heterocycles. The van der Waals surface area contributed by atoms with E-state index in [0.717, 1.165) is 5.56 Å². The number of carbonyl (C=O) groups is 1. The first kappa shape index (κ1) is 10.7. The number of carbonyl (C=O) groups excluding carboxylic acids is 1. The van der Waals surface area contributed by atoms with Crippen molar-refractivity contribution in [1.29, 1.82) is 0 Å². The van der Waals surface area contributed by atoms with Crippen molar-refractivity contribution in [3.05, 3.63) is 35.9 Å². The van der Waals surface area contributed by atoms with Crippen molar-refractivity contribution in [2.75, 3.05) is 13.2 Å². The predicted molar refractivity (Wildman–Crippen MR) is 54.8 cm³/mol. The van der Waals surface area contributed by atoms with Gasteiger partial charge in [-0.2, -0.15) is 0 Å². The van der Waals surface area contributed by atoms with Gasteiger partial charge in [0.2, 0.25) is 5.91 Å². The minimum absolute atomic E-state index is 0.0734. The summed E-state index contributed by atoms with van der Waals surface area (Å²) in [5, 5.41) is 2.77. The van der Waals surface area contributed by atoms with Crippen LogP contribution in [0.3, 0.4) is 0 Å². The molecule has 0 aromatic heterocycles. The van der Waals surface area contributed by atoms with Gasteiger partial charge in [-0.15, -0.1) is 0 Å². The lowest BCUT2D eigenvalue weighted by Gasteiger charge is -2.04. The van der Waals surface area contributed by atoms with E-state index in [0.29, 0.717) is 13.2 Å². The van der Waals surface area contributed by atoms with Crippen LogP contribution in [0.1, 0.15) is 12.5 Å². The number of hydrogen-bond donors (Lipinski definition) is 1. The van der Waals surface area contributed by atoms with Gasteiger partial charge in [0.25, 0.3) is 0 Å². The minimum Gasteiger partial charge on any atom is -0.372 e. The molecule has 1 aromatic rings. The first-order chi connectivity index (χ1) is 6.83. The molecule has 0 saturated carbocycles. The van der Waals surface area contributed by atoms with E-state index in [2.05, 4.69) is 5.32 Å². The molecular weight excluding hydrogens is 178 g/mol. The Bertz CT molecular complexity index is 272. The molecule has 76 valence electrons. The van der Waals surface area contributed by atoms with Crippen molar-refractivity contribution in [3.8, 4) is 0 Å². The van der Waals surface area contributed by atoms with Gasteiger partial charge in [-0.1, -0.05) is 30.3 Å². The molecule has 14 heavy (non-hydrogen) atoms. The maximum Gasteiger partial charge on any atom is 0.246 e. The van der Waals surface area contributed by atoms with Gasteiger partial charge in [-0.25, -0.2) is 0 Å². The molecule has 0 spiro atoms. The lowest BCUT2D eigenvalue weighted by atomic mass is 10.2. The molecule has 1 amide bonds.